The zero-order valence-corrected chi connectivity index (χ0v) is 16.5. The van der Waals surface area contributed by atoms with Crippen molar-refractivity contribution in [1.29, 1.82) is 0 Å². The largest absolute Gasteiger partial charge is 0.342 e. The maximum absolute atomic E-state index is 12.9. The summed E-state index contributed by atoms with van der Waals surface area (Å²) in [6.07, 6.45) is 2.19. The molecule has 3 aliphatic rings. The number of likely N-dealkylation sites (tertiary alicyclic amines) is 1. The molecule has 8 heteroatoms. The van der Waals surface area contributed by atoms with Gasteiger partial charge in [0.15, 0.2) is 0 Å². The van der Waals surface area contributed by atoms with Crippen molar-refractivity contribution in [3.63, 3.8) is 0 Å². The zero-order chi connectivity index (χ0) is 18.4. The van der Waals surface area contributed by atoms with Gasteiger partial charge in [0, 0.05) is 39.0 Å². The lowest BCUT2D eigenvalue weighted by Gasteiger charge is -2.23. The second-order valence-electron chi connectivity index (χ2n) is 8.13. The van der Waals surface area contributed by atoms with Crippen LogP contribution in [0.1, 0.15) is 24.8 Å². The molecule has 0 spiro atoms. The summed E-state index contributed by atoms with van der Waals surface area (Å²) in [5.41, 5.74) is 0. The van der Waals surface area contributed by atoms with Crippen molar-refractivity contribution in [3.8, 4) is 0 Å². The van der Waals surface area contributed by atoms with E-state index < -0.39 is 0 Å². The Morgan fingerprint density at radius 1 is 1.23 bits per heavy atom. The fraction of sp³-hybridized carbons (Fsp3) is 0.778. The monoisotopic (exact) mass is 377 g/mol. The predicted octanol–water partition coefficient (Wildman–Crippen LogP) is 1.11. The summed E-state index contributed by atoms with van der Waals surface area (Å²) in [4.78, 5) is 31.2. The third-order valence-electron chi connectivity index (χ3n) is 5.88. The minimum atomic E-state index is -0.231. The van der Waals surface area contributed by atoms with Crippen LogP contribution >= 0.6 is 11.3 Å². The van der Waals surface area contributed by atoms with E-state index in [4.69, 9.17) is 0 Å². The van der Waals surface area contributed by atoms with Gasteiger partial charge in [-0.15, -0.1) is 10.2 Å². The minimum Gasteiger partial charge on any atom is -0.342 e. The van der Waals surface area contributed by atoms with Crippen LogP contribution in [-0.4, -0.2) is 72.1 Å². The van der Waals surface area contributed by atoms with Gasteiger partial charge in [-0.1, -0.05) is 18.3 Å². The molecule has 2 amide bonds. The number of amides is 2. The molecule has 2 aliphatic heterocycles. The number of carbonyl (C=O) groups excluding carboxylic acids is 2. The van der Waals surface area contributed by atoms with Crippen LogP contribution in [0.25, 0.3) is 0 Å². The normalized spacial score (nSPS) is 30.4. The maximum atomic E-state index is 12.9. The van der Waals surface area contributed by atoms with Gasteiger partial charge < -0.3 is 9.80 Å². The van der Waals surface area contributed by atoms with Crippen LogP contribution in [-0.2, 0) is 16.0 Å². The van der Waals surface area contributed by atoms with Crippen molar-refractivity contribution < 1.29 is 9.59 Å². The molecule has 1 aromatic rings. The first-order chi connectivity index (χ1) is 12.5. The Morgan fingerprint density at radius 2 is 1.96 bits per heavy atom. The van der Waals surface area contributed by atoms with Crippen LogP contribution in [0.5, 0.6) is 0 Å². The van der Waals surface area contributed by atoms with E-state index in [2.05, 4.69) is 36.1 Å². The molecule has 142 valence electrons. The molecule has 3 heterocycles. The standard InChI is InChI=1S/C18H27N5O2S/c1-4-5-15-19-20-18(26-15)23-7-11(6-16(23)24)17(25)22-9-13-12(8-21(2)3)14(13)10-22/h11-14H,4-10H2,1-3H3/t11?,12?,13-,14+. The third-order valence-corrected chi connectivity index (χ3v) is 6.89. The first-order valence-corrected chi connectivity index (χ1v) is 10.4. The van der Waals surface area contributed by atoms with Gasteiger partial charge >= 0.3 is 0 Å². The first kappa shape index (κ1) is 17.9. The molecular weight excluding hydrogens is 350 g/mol. The van der Waals surface area contributed by atoms with Gasteiger partial charge in [-0.05, 0) is 38.3 Å². The Bertz CT molecular complexity index is 694. The second kappa shape index (κ2) is 6.88. The number of aromatic nitrogens is 2. The highest BCUT2D eigenvalue weighted by Crippen LogP contribution is 2.52. The molecule has 0 bridgehead atoms. The molecule has 0 radical (unpaired) electrons. The molecule has 2 saturated heterocycles. The number of aryl methyl sites for hydroxylation is 1. The van der Waals surface area contributed by atoms with Crippen molar-refractivity contribution >= 4 is 28.3 Å². The van der Waals surface area contributed by atoms with Gasteiger partial charge in [0.25, 0.3) is 0 Å². The summed E-state index contributed by atoms with van der Waals surface area (Å²) in [6.45, 7) is 5.40. The molecule has 4 rings (SSSR count). The van der Waals surface area contributed by atoms with Gasteiger partial charge in [0.2, 0.25) is 16.9 Å². The van der Waals surface area contributed by atoms with E-state index in [9.17, 15) is 9.59 Å². The Labute approximate surface area is 158 Å². The molecule has 0 aromatic carbocycles. The Balaban J connectivity index is 1.33. The van der Waals surface area contributed by atoms with Crippen molar-refractivity contribution in [2.24, 2.45) is 23.7 Å². The highest BCUT2D eigenvalue weighted by Gasteiger charge is 2.57. The summed E-state index contributed by atoms with van der Waals surface area (Å²) in [6, 6.07) is 0. The lowest BCUT2D eigenvalue weighted by molar-refractivity contribution is -0.135. The van der Waals surface area contributed by atoms with Crippen LogP contribution in [0, 0.1) is 23.7 Å². The lowest BCUT2D eigenvalue weighted by Crippen LogP contribution is -2.38. The fourth-order valence-corrected chi connectivity index (χ4v) is 5.47. The Hall–Kier alpha value is -1.54. The van der Waals surface area contributed by atoms with Crippen molar-refractivity contribution in [1.82, 2.24) is 20.0 Å². The Kier molecular flexibility index (Phi) is 4.73. The average Bonchev–Trinajstić information content (AvgIpc) is 3.06. The summed E-state index contributed by atoms with van der Waals surface area (Å²) in [5, 5.41) is 9.91. The smallest absolute Gasteiger partial charge is 0.229 e. The third kappa shape index (κ3) is 3.24. The van der Waals surface area contributed by atoms with E-state index in [-0.39, 0.29) is 17.7 Å². The molecule has 26 heavy (non-hydrogen) atoms. The van der Waals surface area contributed by atoms with Gasteiger partial charge in [0.1, 0.15) is 5.01 Å². The van der Waals surface area contributed by atoms with E-state index >= 15 is 0 Å². The number of rotatable bonds is 6. The number of hydrogen-bond acceptors (Lipinski definition) is 6. The number of piperidine rings is 1. The van der Waals surface area contributed by atoms with Crippen LogP contribution in [0.2, 0.25) is 0 Å². The molecule has 2 unspecified atom stereocenters. The molecule has 1 aromatic heterocycles. The first-order valence-electron chi connectivity index (χ1n) is 9.54. The quantitative estimate of drug-likeness (QED) is 0.743. The number of carbonyl (C=O) groups is 2. The number of anilines is 1. The summed E-state index contributed by atoms with van der Waals surface area (Å²) in [7, 11) is 4.21. The van der Waals surface area contributed by atoms with E-state index in [1.807, 2.05) is 4.90 Å². The van der Waals surface area contributed by atoms with Crippen LogP contribution < -0.4 is 4.90 Å². The zero-order valence-electron chi connectivity index (χ0n) is 15.7. The molecule has 1 aliphatic carbocycles. The van der Waals surface area contributed by atoms with Gasteiger partial charge in [0.05, 0.1) is 5.92 Å². The van der Waals surface area contributed by atoms with Crippen molar-refractivity contribution in [3.05, 3.63) is 5.01 Å². The summed E-state index contributed by atoms with van der Waals surface area (Å²) < 4.78 is 0. The average molecular weight is 378 g/mol. The van der Waals surface area contributed by atoms with Crippen LogP contribution in [0.3, 0.4) is 0 Å². The van der Waals surface area contributed by atoms with E-state index in [0.717, 1.165) is 43.4 Å². The SMILES string of the molecule is CCCc1nnc(N2CC(C(=O)N3C[C@@H]4C(CN(C)C)[C@@H]4C3)CC2=O)s1. The summed E-state index contributed by atoms with van der Waals surface area (Å²) in [5.74, 6) is 1.98. The lowest BCUT2D eigenvalue weighted by atomic mass is 10.1. The topological polar surface area (TPSA) is 69.6 Å². The second-order valence-corrected chi connectivity index (χ2v) is 9.17. The molecule has 7 nitrogen and oxygen atoms in total. The Morgan fingerprint density at radius 3 is 2.62 bits per heavy atom. The molecule has 4 atom stereocenters. The summed E-state index contributed by atoms with van der Waals surface area (Å²) >= 11 is 1.47. The van der Waals surface area contributed by atoms with Gasteiger partial charge in [-0.3, -0.25) is 14.5 Å². The predicted molar refractivity (Wildman–Crippen MR) is 100.0 cm³/mol. The number of nitrogens with zero attached hydrogens (tertiary/aromatic N) is 5. The van der Waals surface area contributed by atoms with E-state index in [0.29, 0.717) is 29.9 Å². The fourth-order valence-electron chi connectivity index (χ4n) is 4.51. The van der Waals surface area contributed by atoms with E-state index in [1.165, 1.54) is 11.3 Å². The minimum absolute atomic E-state index is 0.00242. The highest BCUT2D eigenvalue weighted by molar-refractivity contribution is 7.15. The van der Waals surface area contributed by atoms with Crippen LogP contribution in [0.4, 0.5) is 5.13 Å². The molecule has 0 N–H and O–H groups in total. The van der Waals surface area contributed by atoms with Gasteiger partial charge in [-0.2, -0.15) is 0 Å². The highest BCUT2D eigenvalue weighted by atomic mass is 32.1. The van der Waals surface area contributed by atoms with Crippen molar-refractivity contribution in [2.75, 3.05) is 45.2 Å². The molecular formula is C18H27N5O2S. The van der Waals surface area contributed by atoms with Crippen molar-refractivity contribution in [2.45, 2.75) is 26.2 Å². The maximum Gasteiger partial charge on any atom is 0.229 e. The van der Waals surface area contributed by atoms with Gasteiger partial charge in [-0.25, -0.2) is 0 Å². The number of hydrogen-bond donors (Lipinski definition) is 0. The molecule has 3 fully saturated rings. The van der Waals surface area contributed by atoms with E-state index in [1.54, 1.807) is 4.90 Å². The number of fused-ring (bicyclic) bond motifs is 1. The molecule has 1 saturated carbocycles. The van der Waals surface area contributed by atoms with Crippen LogP contribution in [0.15, 0.2) is 0 Å².